The summed E-state index contributed by atoms with van der Waals surface area (Å²) in [6.45, 7) is 2.09. The monoisotopic (exact) mass is 389 g/mol. The zero-order chi connectivity index (χ0) is 17.2. The number of halogens is 1. The Bertz CT molecular complexity index is 924. The first-order valence-electron chi connectivity index (χ1n) is 8.08. The Morgan fingerprint density at radius 3 is 2.12 bits per heavy atom. The van der Waals surface area contributed by atoms with Gasteiger partial charge >= 0.3 is 0 Å². The third kappa shape index (κ3) is 3.42. The van der Waals surface area contributed by atoms with Gasteiger partial charge in [0, 0.05) is 10.0 Å². The maximum absolute atomic E-state index is 5.57. The summed E-state index contributed by atoms with van der Waals surface area (Å²) in [4.78, 5) is 4.82. The van der Waals surface area contributed by atoms with Gasteiger partial charge in [0.15, 0.2) is 5.76 Å². The largest absolute Gasteiger partial charge is 0.463 e. The molecule has 0 atom stereocenters. The van der Waals surface area contributed by atoms with Crippen LogP contribution in [0.15, 0.2) is 87.9 Å². The summed E-state index contributed by atoms with van der Waals surface area (Å²) < 4.78 is 6.63. The zero-order valence-corrected chi connectivity index (χ0v) is 15.3. The van der Waals surface area contributed by atoms with Gasteiger partial charge in [0.2, 0.25) is 0 Å². The third-order valence-electron chi connectivity index (χ3n) is 4.12. The number of aryl methyl sites for hydroxylation is 1. The van der Waals surface area contributed by atoms with Gasteiger partial charge < -0.3 is 4.42 Å². The van der Waals surface area contributed by atoms with Gasteiger partial charge in [-0.15, -0.1) is 0 Å². The molecule has 0 fully saturated rings. The lowest BCUT2D eigenvalue weighted by molar-refractivity contribution is 0.580. The molecule has 0 aliphatic rings. The molecule has 4 rings (SSSR count). The lowest BCUT2D eigenvalue weighted by Gasteiger charge is -2.09. The van der Waals surface area contributed by atoms with Crippen molar-refractivity contribution >= 4 is 15.9 Å². The number of nitrogens with zero attached hydrogens (tertiary/aromatic N) is 1. The highest BCUT2D eigenvalue weighted by Crippen LogP contribution is 2.31. The molecule has 0 amide bonds. The summed E-state index contributed by atoms with van der Waals surface area (Å²) in [5, 5.41) is 0. The highest BCUT2D eigenvalue weighted by molar-refractivity contribution is 9.10. The van der Waals surface area contributed by atoms with E-state index >= 15 is 0 Å². The zero-order valence-electron chi connectivity index (χ0n) is 13.7. The highest BCUT2D eigenvalue weighted by atomic mass is 79.9. The predicted octanol–water partition coefficient (Wildman–Crippen LogP) is 6.75. The van der Waals surface area contributed by atoms with Crippen LogP contribution in [0, 0.1) is 6.92 Å². The molecule has 0 N–H and O–H groups in total. The molecule has 3 heteroatoms. The Balaban J connectivity index is 1.88. The summed E-state index contributed by atoms with van der Waals surface area (Å²) in [6, 6.07) is 24.7. The standard InChI is InChI=1S/C22H16BrNO/c1-15-4-6-17(7-5-15)20-13-18(16-8-10-19(23)11-9-16)14-21(24-20)22-3-2-12-25-22/h2-14H,1H3. The first kappa shape index (κ1) is 15.9. The Morgan fingerprint density at radius 1 is 0.760 bits per heavy atom. The Kier molecular flexibility index (Phi) is 4.24. The molecule has 2 heterocycles. The SMILES string of the molecule is Cc1ccc(-c2cc(-c3ccc(Br)cc3)cc(-c3ccco3)n2)cc1. The molecular weight excluding hydrogens is 374 g/mol. The molecule has 2 aromatic carbocycles. The molecule has 0 aliphatic heterocycles. The maximum Gasteiger partial charge on any atom is 0.152 e. The van der Waals surface area contributed by atoms with Crippen molar-refractivity contribution in [3.8, 4) is 33.8 Å². The van der Waals surface area contributed by atoms with Gasteiger partial charge in [-0.3, -0.25) is 0 Å². The van der Waals surface area contributed by atoms with Gasteiger partial charge in [-0.2, -0.15) is 0 Å². The highest BCUT2D eigenvalue weighted by Gasteiger charge is 2.10. The van der Waals surface area contributed by atoms with Crippen molar-refractivity contribution in [3.63, 3.8) is 0 Å². The molecule has 4 aromatic rings. The van der Waals surface area contributed by atoms with Crippen LogP contribution in [-0.2, 0) is 0 Å². The second-order valence-electron chi connectivity index (χ2n) is 5.98. The van der Waals surface area contributed by atoms with E-state index in [-0.39, 0.29) is 0 Å². The predicted molar refractivity (Wildman–Crippen MR) is 105 cm³/mol. The van der Waals surface area contributed by atoms with Crippen molar-refractivity contribution in [2.24, 2.45) is 0 Å². The molecule has 0 aliphatic carbocycles. The molecule has 0 saturated carbocycles. The van der Waals surface area contributed by atoms with E-state index in [4.69, 9.17) is 9.40 Å². The van der Waals surface area contributed by atoms with Crippen LogP contribution < -0.4 is 0 Å². The van der Waals surface area contributed by atoms with Gasteiger partial charge in [-0.05, 0) is 54.4 Å². The molecule has 2 nitrogen and oxygen atoms in total. The summed E-state index contributed by atoms with van der Waals surface area (Å²) in [6.07, 6.45) is 1.68. The lowest BCUT2D eigenvalue weighted by Crippen LogP contribution is -1.90. The minimum Gasteiger partial charge on any atom is -0.463 e. The topological polar surface area (TPSA) is 26.0 Å². The Labute approximate surface area is 155 Å². The molecule has 122 valence electrons. The molecular formula is C22H16BrNO. The summed E-state index contributed by atoms with van der Waals surface area (Å²) in [5.41, 5.74) is 6.36. The minimum atomic E-state index is 0.771. The Morgan fingerprint density at radius 2 is 1.44 bits per heavy atom. The Hall–Kier alpha value is -2.65. The van der Waals surface area contributed by atoms with Crippen LogP contribution in [-0.4, -0.2) is 4.98 Å². The van der Waals surface area contributed by atoms with E-state index in [1.807, 2.05) is 24.3 Å². The maximum atomic E-state index is 5.57. The van der Waals surface area contributed by atoms with E-state index in [0.717, 1.165) is 38.3 Å². The average molecular weight is 390 g/mol. The fraction of sp³-hybridized carbons (Fsp3) is 0.0455. The number of aromatic nitrogens is 1. The van der Waals surface area contributed by atoms with Gasteiger partial charge in [0.05, 0.1) is 12.0 Å². The fourth-order valence-corrected chi connectivity index (χ4v) is 3.03. The average Bonchev–Trinajstić information content (AvgIpc) is 3.17. The van der Waals surface area contributed by atoms with Crippen molar-refractivity contribution in [2.45, 2.75) is 6.92 Å². The lowest BCUT2D eigenvalue weighted by atomic mass is 10.0. The summed E-state index contributed by atoms with van der Waals surface area (Å²) in [5.74, 6) is 0.771. The minimum absolute atomic E-state index is 0.771. The van der Waals surface area contributed by atoms with Gasteiger partial charge in [0.1, 0.15) is 5.69 Å². The van der Waals surface area contributed by atoms with Crippen molar-refractivity contribution in [1.82, 2.24) is 4.98 Å². The van der Waals surface area contributed by atoms with Crippen LogP contribution >= 0.6 is 15.9 Å². The quantitative estimate of drug-likeness (QED) is 0.387. The molecule has 0 unspecified atom stereocenters. The van der Waals surface area contributed by atoms with Crippen LogP contribution in [0.2, 0.25) is 0 Å². The van der Waals surface area contributed by atoms with Crippen LogP contribution in [0.3, 0.4) is 0 Å². The molecule has 0 saturated heterocycles. The second-order valence-corrected chi connectivity index (χ2v) is 6.89. The van der Waals surface area contributed by atoms with Crippen molar-refractivity contribution < 1.29 is 4.42 Å². The third-order valence-corrected chi connectivity index (χ3v) is 4.65. The van der Waals surface area contributed by atoms with Crippen molar-refractivity contribution in [2.75, 3.05) is 0 Å². The molecule has 0 bridgehead atoms. The van der Waals surface area contributed by atoms with E-state index in [0.29, 0.717) is 0 Å². The van der Waals surface area contributed by atoms with Gasteiger partial charge in [0.25, 0.3) is 0 Å². The van der Waals surface area contributed by atoms with E-state index in [1.54, 1.807) is 6.26 Å². The van der Waals surface area contributed by atoms with Crippen LogP contribution in [0.4, 0.5) is 0 Å². The smallest absolute Gasteiger partial charge is 0.152 e. The number of rotatable bonds is 3. The van der Waals surface area contributed by atoms with E-state index in [1.165, 1.54) is 5.56 Å². The fourth-order valence-electron chi connectivity index (χ4n) is 2.76. The van der Waals surface area contributed by atoms with Gasteiger partial charge in [-0.1, -0.05) is 57.9 Å². The van der Waals surface area contributed by atoms with Crippen LogP contribution in [0.1, 0.15) is 5.56 Å². The van der Waals surface area contributed by atoms with E-state index in [9.17, 15) is 0 Å². The summed E-state index contributed by atoms with van der Waals surface area (Å²) >= 11 is 3.49. The second kappa shape index (κ2) is 6.69. The summed E-state index contributed by atoms with van der Waals surface area (Å²) in [7, 11) is 0. The number of benzene rings is 2. The molecule has 25 heavy (non-hydrogen) atoms. The number of hydrogen-bond acceptors (Lipinski definition) is 2. The normalized spacial score (nSPS) is 10.8. The molecule has 0 radical (unpaired) electrons. The molecule has 0 spiro atoms. The number of hydrogen-bond donors (Lipinski definition) is 0. The number of furan rings is 1. The van der Waals surface area contributed by atoms with E-state index < -0.39 is 0 Å². The van der Waals surface area contributed by atoms with Crippen LogP contribution in [0.25, 0.3) is 33.8 Å². The van der Waals surface area contributed by atoms with E-state index in [2.05, 4.69) is 71.4 Å². The van der Waals surface area contributed by atoms with Gasteiger partial charge in [-0.25, -0.2) is 4.98 Å². The van der Waals surface area contributed by atoms with Crippen LogP contribution in [0.5, 0.6) is 0 Å². The van der Waals surface area contributed by atoms with Crippen molar-refractivity contribution in [3.05, 3.63) is 89.1 Å². The number of pyridine rings is 1. The first-order valence-corrected chi connectivity index (χ1v) is 8.87. The first-order chi connectivity index (χ1) is 12.2. The van der Waals surface area contributed by atoms with Crippen molar-refractivity contribution in [1.29, 1.82) is 0 Å². The molecule has 2 aromatic heterocycles.